The lowest BCUT2D eigenvalue weighted by atomic mass is 9.73. The smallest absolute Gasteiger partial charge is 0.337 e. The van der Waals surface area contributed by atoms with Crippen molar-refractivity contribution in [3.05, 3.63) is 92.4 Å². The van der Waals surface area contributed by atoms with Crippen molar-refractivity contribution in [3.8, 4) is 22.9 Å². The predicted octanol–water partition coefficient (Wildman–Crippen LogP) is 5.92. The molecule has 2 aliphatic rings. The third-order valence-corrected chi connectivity index (χ3v) is 8.85. The number of aromatic carboxylic acids is 1. The van der Waals surface area contributed by atoms with Gasteiger partial charge in [0.05, 0.1) is 38.3 Å². The first kappa shape index (κ1) is 26.6. The summed E-state index contributed by atoms with van der Waals surface area (Å²) < 4.78 is 18.8. The SMILES string of the molecule is COc1ccc([C@@H]2C3=C(C[C@H](c4cccs4)CC3=O)Nc3c2c(C)nn3-c2ccccc2C(=O)O)c(OC)c1OC. The van der Waals surface area contributed by atoms with Gasteiger partial charge in [-0.25, -0.2) is 9.48 Å². The maximum atomic E-state index is 14.0. The summed E-state index contributed by atoms with van der Waals surface area (Å²) in [7, 11) is 4.67. The number of aryl methyl sites for hydroxylation is 1. The van der Waals surface area contributed by atoms with E-state index in [1.165, 1.54) is 0 Å². The molecule has 0 unspecified atom stereocenters. The molecule has 0 amide bonds. The van der Waals surface area contributed by atoms with Crippen molar-refractivity contribution in [3.63, 3.8) is 0 Å². The number of nitrogens with one attached hydrogen (secondary N) is 1. The fraction of sp³-hybridized carbons (Fsp3) is 0.258. The predicted molar refractivity (Wildman–Crippen MR) is 155 cm³/mol. The summed E-state index contributed by atoms with van der Waals surface area (Å²) in [5, 5.41) is 20.3. The molecule has 2 aromatic carbocycles. The van der Waals surface area contributed by atoms with Gasteiger partial charge in [-0.05, 0) is 43.0 Å². The maximum absolute atomic E-state index is 14.0. The number of carboxylic acid groups (broad SMARTS) is 1. The lowest BCUT2D eigenvalue weighted by molar-refractivity contribution is -0.116. The number of thiophene rings is 1. The number of para-hydroxylation sites is 1. The highest BCUT2D eigenvalue weighted by Gasteiger charge is 2.43. The second-order valence-corrected chi connectivity index (χ2v) is 11.0. The van der Waals surface area contributed by atoms with Crippen molar-refractivity contribution in [2.24, 2.45) is 0 Å². The number of carbonyl (C=O) groups is 2. The normalized spacial score (nSPS) is 17.9. The first-order chi connectivity index (χ1) is 19.9. The van der Waals surface area contributed by atoms with Gasteiger partial charge >= 0.3 is 5.97 Å². The van der Waals surface area contributed by atoms with Crippen LogP contribution in [0.3, 0.4) is 0 Å². The third-order valence-electron chi connectivity index (χ3n) is 7.82. The Bertz CT molecular complexity index is 1700. The van der Waals surface area contributed by atoms with Gasteiger partial charge in [-0.15, -0.1) is 11.3 Å². The van der Waals surface area contributed by atoms with Gasteiger partial charge in [0.15, 0.2) is 17.3 Å². The number of carbonyl (C=O) groups excluding carboxylic acids is 1. The molecule has 210 valence electrons. The molecule has 0 spiro atoms. The number of methoxy groups -OCH3 is 3. The van der Waals surface area contributed by atoms with Crippen molar-refractivity contribution < 1.29 is 28.9 Å². The molecule has 2 aromatic heterocycles. The minimum atomic E-state index is -1.05. The topological polar surface area (TPSA) is 112 Å². The Morgan fingerprint density at radius 2 is 1.80 bits per heavy atom. The number of hydrogen-bond donors (Lipinski definition) is 2. The molecule has 3 heterocycles. The molecule has 6 rings (SSSR count). The van der Waals surface area contributed by atoms with Crippen molar-refractivity contribution in [2.45, 2.75) is 31.6 Å². The van der Waals surface area contributed by atoms with Crippen LogP contribution >= 0.6 is 11.3 Å². The molecule has 0 radical (unpaired) electrons. The number of aromatic nitrogens is 2. The molecule has 1 aliphatic heterocycles. The van der Waals surface area contributed by atoms with Gasteiger partial charge in [0.25, 0.3) is 0 Å². The second kappa shape index (κ2) is 10.4. The van der Waals surface area contributed by atoms with Crippen LogP contribution < -0.4 is 19.5 Å². The van der Waals surface area contributed by atoms with Crippen molar-refractivity contribution >= 4 is 28.9 Å². The van der Waals surface area contributed by atoms with E-state index >= 15 is 0 Å². The lowest BCUT2D eigenvalue weighted by Crippen LogP contribution is -2.30. The summed E-state index contributed by atoms with van der Waals surface area (Å²) >= 11 is 1.64. The van der Waals surface area contributed by atoms with E-state index in [2.05, 4.69) is 11.4 Å². The van der Waals surface area contributed by atoms with Gasteiger partial charge < -0.3 is 24.6 Å². The third kappa shape index (κ3) is 4.26. The number of carboxylic acids is 1. The van der Waals surface area contributed by atoms with Gasteiger partial charge in [0.2, 0.25) is 5.75 Å². The molecule has 41 heavy (non-hydrogen) atoms. The van der Waals surface area contributed by atoms with Crippen LogP contribution in [0.4, 0.5) is 5.82 Å². The average molecular weight is 572 g/mol. The Morgan fingerprint density at radius 1 is 1.02 bits per heavy atom. The molecule has 10 heteroatoms. The highest BCUT2D eigenvalue weighted by molar-refractivity contribution is 7.10. The van der Waals surface area contributed by atoms with E-state index in [9.17, 15) is 14.7 Å². The molecule has 4 aromatic rings. The number of hydrogen-bond acceptors (Lipinski definition) is 8. The monoisotopic (exact) mass is 571 g/mol. The quantitative estimate of drug-likeness (QED) is 0.281. The van der Waals surface area contributed by atoms with Crippen LogP contribution in [0.1, 0.15) is 56.7 Å². The van der Waals surface area contributed by atoms with Crippen molar-refractivity contribution in [1.82, 2.24) is 9.78 Å². The maximum Gasteiger partial charge on any atom is 0.337 e. The number of anilines is 1. The van der Waals surface area contributed by atoms with E-state index in [-0.39, 0.29) is 17.3 Å². The zero-order valence-electron chi connectivity index (χ0n) is 23.1. The highest BCUT2D eigenvalue weighted by atomic mass is 32.1. The number of nitrogens with zero attached hydrogens (tertiary/aromatic N) is 2. The summed E-state index contributed by atoms with van der Waals surface area (Å²) in [6.07, 6.45) is 1.01. The van der Waals surface area contributed by atoms with E-state index in [0.717, 1.165) is 21.7 Å². The largest absolute Gasteiger partial charge is 0.493 e. The molecular formula is C31H29N3O6S. The van der Waals surface area contributed by atoms with Crippen LogP contribution in [0, 0.1) is 6.92 Å². The van der Waals surface area contributed by atoms with Crippen LogP contribution in [0.2, 0.25) is 0 Å². The number of allylic oxidation sites excluding steroid dienone is 2. The zero-order valence-corrected chi connectivity index (χ0v) is 23.9. The Labute approximate surface area is 241 Å². The molecule has 0 bridgehead atoms. The number of benzene rings is 2. The Balaban J connectivity index is 1.62. The molecule has 0 saturated carbocycles. The fourth-order valence-corrected chi connectivity index (χ4v) is 6.91. The lowest BCUT2D eigenvalue weighted by Gasteiger charge is -2.36. The highest BCUT2D eigenvalue weighted by Crippen LogP contribution is 2.54. The molecule has 2 atom stereocenters. The molecule has 0 fully saturated rings. The first-order valence-electron chi connectivity index (χ1n) is 13.2. The van der Waals surface area contributed by atoms with Crippen molar-refractivity contribution in [1.29, 1.82) is 0 Å². The van der Waals surface area contributed by atoms with E-state index < -0.39 is 11.9 Å². The average Bonchev–Trinajstić information content (AvgIpc) is 3.63. The minimum Gasteiger partial charge on any atom is -0.493 e. The summed E-state index contributed by atoms with van der Waals surface area (Å²) in [5.74, 6) is 0.511. The molecule has 2 N–H and O–H groups in total. The van der Waals surface area contributed by atoms with Gasteiger partial charge in [-0.2, -0.15) is 5.10 Å². The summed E-state index contributed by atoms with van der Waals surface area (Å²) in [4.78, 5) is 27.4. The number of Topliss-reactive ketones (excluding diaryl/α,β-unsaturated/α-hetero) is 1. The number of rotatable bonds is 7. The number of ketones is 1. The van der Waals surface area contributed by atoms with E-state index in [1.807, 2.05) is 24.4 Å². The standard InChI is InChI=1S/C31H29N3O6S/c1-16-25-26(19-11-12-23(38-2)29(40-4)28(19)39-3)27-20(14-17(15-22(27)35)24-10-7-13-41-24)32-30(25)34(33-16)21-9-6-5-8-18(21)31(36)37/h5-13,17,26,32H,14-15H2,1-4H3,(H,36,37)/t17-,26-/m0/s1. The minimum absolute atomic E-state index is 0.0343. The Hall–Kier alpha value is -4.57. The van der Waals surface area contributed by atoms with Crippen LogP contribution in [0.5, 0.6) is 17.2 Å². The second-order valence-electron chi connectivity index (χ2n) is 10.00. The van der Waals surface area contributed by atoms with E-state index in [1.54, 1.807) is 67.7 Å². The van der Waals surface area contributed by atoms with E-state index in [0.29, 0.717) is 52.9 Å². The number of ether oxygens (including phenoxy) is 3. The Morgan fingerprint density at radius 3 is 2.49 bits per heavy atom. The van der Waals surface area contributed by atoms with Gasteiger partial charge in [-0.3, -0.25) is 4.79 Å². The summed E-state index contributed by atoms with van der Waals surface area (Å²) in [5.41, 5.74) is 4.17. The van der Waals surface area contributed by atoms with E-state index in [4.69, 9.17) is 19.3 Å². The van der Waals surface area contributed by atoms with Crippen LogP contribution in [0.25, 0.3) is 5.69 Å². The Kier molecular flexibility index (Phi) is 6.78. The molecule has 1 aliphatic carbocycles. The summed E-state index contributed by atoms with van der Waals surface area (Å²) in [6, 6.07) is 14.5. The van der Waals surface area contributed by atoms with Crippen LogP contribution in [-0.4, -0.2) is 48.0 Å². The zero-order chi connectivity index (χ0) is 28.8. The van der Waals surface area contributed by atoms with Gasteiger partial charge in [0, 0.05) is 45.5 Å². The summed E-state index contributed by atoms with van der Waals surface area (Å²) in [6.45, 7) is 1.87. The van der Waals surface area contributed by atoms with Crippen LogP contribution in [-0.2, 0) is 4.79 Å². The van der Waals surface area contributed by atoms with Crippen LogP contribution in [0.15, 0.2) is 65.2 Å². The van der Waals surface area contributed by atoms with Gasteiger partial charge in [0.1, 0.15) is 5.82 Å². The van der Waals surface area contributed by atoms with Crippen molar-refractivity contribution in [2.75, 3.05) is 26.6 Å². The molecular weight excluding hydrogens is 542 g/mol. The number of fused-ring (bicyclic) bond motifs is 1. The molecule has 9 nitrogen and oxygen atoms in total. The van der Waals surface area contributed by atoms with Gasteiger partial charge in [-0.1, -0.05) is 24.3 Å². The molecule has 0 saturated heterocycles. The first-order valence-corrected chi connectivity index (χ1v) is 14.0. The fourth-order valence-electron chi connectivity index (χ4n) is 6.08.